The minimum Gasteiger partial charge on any atom is -0.376 e. The van der Waals surface area contributed by atoms with Crippen molar-refractivity contribution in [2.75, 3.05) is 33.3 Å². The molecular formula is C13H26N4O2. The van der Waals surface area contributed by atoms with E-state index in [1.807, 2.05) is 13.8 Å². The topological polar surface area (TPSA) is 74.8 Å². The lowest BCUT2D eigenvalue weighted by atomic mass is 10.2. The summed E-state index contributed by atoms with van der Waals surface area (Å²) in [6.45, 7) is 6.65. The van der Waals surface area contributed by atoms with Gasteiger partial charge in [0.25, 0.3) is 0 Å². The molecule has 1 amide bonds. The van der Waals surface area contributed by atoms with Crippen LogP contribution >= 0.6 is 0 Å². The Morgan fingerprint density at radius 3 is 2.63 bits per heavy atom. The monoisotopic (exact) mass is 270 g/mol. The van der Waals surface area contributed by atoms with Crippen molar-refractivity contribution in [3.8, 4) is 0 Å². The average molecular weight is 270 g/mol. The largest absolute Gasteiger partial charge is 0.376 e. The zero-order valence-corrected chi connectivity index (χ0v) is 12.2. The first-order valence-corrected chi connectivity index (χ1v) is 6.97. The third-order valence-electron chi connectivity index (χ3n) is 2.99. The molecule has 110 valence electrons. The Kier molecular flexibility index (Phi) is 7.25. The molecule has 3 N–H and O–H groups in total. The molecule has 1 aliphatic heterocycles. The minimum atomic E-state index is 0.0250. The van der Waals surface area contributed by atoms with Crippen LogP contribution in [0.4, 0.5) is 0 Å². The zero-order chi connectivity index (χ0) is 14.1. The first-order chi connectivity index (χ1) is 9.13. The molecule has 0 bridgehead atoms. The molecule has 1 saturated heterocycles. The summed E-state index contributed by atoms with van der Waals surface area (Å²) in [7, 11) is 1.73. The second kappa shape index (κ2) is 8.74. The molecular weight excluding hydrogens is 244 g/mol. The van der Waals surface area contributed by atoms with Gasteiger partial charge in [0.05, 0.1) is 6.10 Å². The first kappa shape index (κ1) is 15.8. The fraction of sp³-hybridized carbons (Fsp3) is 0.846. The lowest BCUT2D eigenvalue weighted by molar-refractivity contribution is -0.123. The van der Waals surface area contributed by atoms with Gasteiger partial charge in [-0.2, -0.15) is 0 Å². The summed E-state index contributed by atoms with van der Waals surface area (Å²) in [5.41, 5.74) is 0. The van der Waals surface area contributed by atoms with Gasteiger partial charge in [-0.15, -0.1) is 0 Å². The fourth-order valence-corrected chi connectivity index (χ4v) is 1.81. The normalized spacial score (nSPS) is 19.6. The molecule has 6 nitrogen and oxygen atoms in total. The van der Waals surface area contributed by atoms with Gasteiger partial charge in [-0.25, -0.2) is 0 Å². The summed E-state index contributed by atoms with van der Waals surface area (Å²) < 4.78 is 5.53. The van der Waals surface area contributed by atoms with E-state index in [1.54, 1.807) is 7.05 Å². The van der Waals surface area contributed by atoms with Gasteiger partial charge in [0.1, 0.15) is 0 Å². The maximum atomic E-state index is 11.4. The van der Waals surface area contributed by atoms with Crippen molar-refractivity contribution in [2.24, 2.45) is 10.9 Å². The van der Waals surface area contributed by atoms with Crippen molar-refractivity contribution in [3.05, 3.63) is 0 Å². The van der Waals surface area contributed by atoms with E-state index in [2.05, 4.69) is 20.9 Å². The van der Waals surface area contributed by atoms with Gasteiger partial charge in [-0.05, 0) is 12.8 Å². The van der Waals surface area contributed by atoms with Gasteiger partial charge in [-0.3, -0.25) is 9.79 Å². The second-order valence-electron chi connectivity index (χ2n) is 4.96. The molecule has 0 aliphatic carbocycles. The predicted octanol–water partition coefficient (Wildman–Crippen LogP) is 0.103. The number of hydrogen-bond donors (Lipinski definition) is 3. The number of nitrogens with zero attached hydrogens (tertiary/aromatic N) is 1. The number of amides is 1. The van der Waals surface area contributed by atoms with E-state index in [0.29, 0.717) is 19.2 Å². The number of nitrogens with one attached hydrogen (secondary N) is 3. The lowest BCUT2D eigenvalue weighted by Gasteiger charge is -2.15. The van der Waals surface area contributed by atoms with Gasteiger partial charge in [0.2, 0.25) is 5.91 Å². The molecule has 1 aliphatic rings. The maximum Gasteiger partial charge on any atom is 0.222 e. The van der Waals surface area contributed by atoms with Crippen molar-refractivity contribution in [3.63, 3.8) is 0 Å². The molecule has 1 unspecified atom stereocenters. The molecule has 19 heavy (non-hydrogen) atoms. The zero-order valence-electron chi connectivity index (χ0n) is 12.2. The molecule has 6 heteroatoms. The van der Waals surface area contributed by atoms with Crippen molar-refractivity contribution >= 4 is 11.9 Å². The maximum absolute atomic E-state index is 11.4. The van der Waals surface area contributed by atoms with Gasteiger partial charge in [0, 0.05) is 39.2 Å². The van der Waals surface area contributed by atoms with E-state index in [1.165, 1.54) is 0 Å². The lowest BCUT2D eigenvalue weighted by Crippen LogP contribution is -2.44. The molecule has 0 radical (unpaired) electrons. The Balaban J connectivity index is 2.09. The number of rotatable bonds is 6. The van der Waals surface area contributed by atoms with Crippen molar-refractivity contribution in [1.29, 1.82) is 0 Å². The van der Waals surface area contributed by atoms with Crippen molar-refractivity contribution in [2.45, 2.75) is 32.8 Å². The third-order valence-corrected chi connectivity index (χ3v) is 2.99. The van der Waals surface area contributed by atoms with Crippen LogP contribution in [-0.4, -0.2) is 51.3 Å². The Morgan fingerprint density at radius 1 is 1.32 bits per heavy atom. The van der Waals surface area contributed by atoms with Crippen molar-refractivity contribution < 1.29 is 9.53 Å². The van der Waals surface area contributed by atoms with Crippen LogP contribution in [0.1, 0.15) is 26.7 Å². The van der Waals surface area contributed by atoms with Crippen molar-refractivity contribution in [1.82, 2.24) is 16.0 Å². The molecule has 1 rings (SSSR count). The SMILES string of the molecule is CN=C(NCCNC(=O)C(C)C)NCC1CCCO1. The minimum absolute atomic E-state index is 0.0250. The van der Waals surface area contributed by atoms with Crippen LogP contribution in [0.15, 0.2) is 4.99 Å². The molecule has 0 saturated carbocycles. The molecule has 1 atom stereocenters. The number of ether oxygens (including phenoxy) is 1. The van der Waals surface area contributed by atoms with Crippen LogP contribution < -0.4 is 16.0 Å². The summed E-state index contributed by atoms with van der Waals surface area (Å²) in [6.07, 6.45) is 2.54. The smallest absolute Gasteiger partial charge is 0.222 e. The number of carbonyl (C=O) groups is 1. The van der Waals surface area contributed by atoms with Gasteiger partial charge in [0.15, 0.2) is 5.96 Å². The molecule has 1 fully saturated rings. The number of guanidine groups is 1. The number of aliphatic imine (C=N–C) groups is 1. The summed E-state index contributed by atoms with van der Waals surface area (Å²) in [6, 6.07) is 0. The van der Waals surface area contributed by atoms with E-state index in [0.717, 1.165) is 32.0 Å². The van der Waals surface area contributed by atoms with E-state index in [-0.39, 0.29) is 11.8 Å². The summed E-state index contributed by atoms with van der Waals surface area (Å²) in [4.78, 5) is 15.5. The van der Waals surface area contributed by atoms with Gasteiger partial charge >= 0.3 is 0 Å². The molecule has 0 spiro atoms. The highest BCUT2D eigenvalue weighted by molar-refractivity contribution is 5.80. The summed E-state index contributed by atoms with van der Waals surface area (Å²) >= 11 is 0. The third kappa shape index (κ3) is 6.42. The van der Waals surface area contributed by atoms with Crippen LogP contribution in [0.25, 0.3) is 0 Å². The van der Waals surface area contributed by atoms with Crippen LogP contribution in [0.2, 0.25) is 0 Å². The first-order valence-electron chi connectivity index (χ1n) is 6.97. The van der Waals surface area contributed by atoms with E-state index >= 15 is 0 Å². The average Bonchev–Trinajstić information content (AvgIpc) is 2.90. The Hall–Kier alpha value is -1.30. The van der Waals surface area contributed by atoms with E-state index < -0.39 is 0 Å². The van der Waals surface area contributed by atoms with Gasteiger partial charge in [-0.1, -0.05) is 13.8 Å². The standard InChI is InChI=1S/C13H26N4O2/c1-10(2)12(18)15-6-7-16-13(14-3)17-9-11-5-4-8-19-11/h10-11H,4-9H2,1-3H3,(H,15,18)(H2,14,16,17). The number of hydrogen-bond acceptors (Lipinski definition) is 3. The van der Waals surface area contributed by atoms with Crippen LogP contribution in [0, 0.1) is 5.92 Å². The quantitative estimate of drug-likeness (QED) is 0.364. The van der Waals surface area contributed by atoms with E-state index in [9.17, 15) is 4.79 Å². The summed E-state index contributed by atoms with van der Waals surface area (Å²) in [5.74, 6) is 0.843. The second-order valence-corrected chi connectivity index (χ2v) is 4.96. The van der Waals surface area contributed by atoms with Crippen LogP contribution in [0.5, 0.6) is 0 Å². The van der Waals surface area contributed by atoms with Crippen LogP contribution in [-0.2, 0) is 9.53 Å². The Bertz CT molecular complexity index is 299. The predicted molar refractivity (Wildman–Crippen MR) is 76.2 cm³/mol. The molecule has 0 aromatic heterocycles. The van der Waals surface area contributed by atoms with Gasteiger partial charge < -0.3 is 20.7 Å². The molecule has 0 aromatic carbocycles. The van der Waals surface area contributed by atoms with E-state index in [4.69, 9.17) is 4.74 Å². The molecule has 0 aromatic rings. The summed E-state index contributed by atoms with van der Waals surface area (Å²) in [5, 5.41) is 9.23. The van der Waals surface area contributed by atoms with Crippen LogP contribution in [0.3, 0.4) is 0 Å². The highest BCUT2D eigenvalue weighted by atomic mass is 16.5. The highest BCUT2D eigenvalue weighted by Gasteiger charge is 2.15. The molecule has 1 heterocycles. The highest BCUT2D eigenvalue weighted by Crippen LogP contribution is 2.10. The Morgan fingerprint density at radius 2 is 2.05 bits per heavy atom. The fourth-order valence-electron chi connectivity index (χ4n) is 1.81. The Labute approximate surface area is 115 Å². The number of carbonyl (C=O) groups excluding carboxylic acids is 1.